The van der Waals surface area contributed by atoms with Crippen molar-refractivity contribution in [2.45, 2.75) is 0 Å². The largest absolute Gasteiger partial charge is 0.310 e. The minimum absolute atomic E-state index is 1.10. The molecule has 0 bridgehead atoms. The second-order valence-corrected chi connectivity index (χ2v) is 14.5. The van der Waals surface area contributed by atoms with E-state index in [1.54, 1.807) is 0 Å². The van der Waals surface area contributed by atoms with E-state index in [-0.39, 0.29) is 0 Å². The van der Waals surface area contributed by atoms with E-state index >= 15 is 0 Å². The standard InChI is InChI=1S/C54H36N2/c1-2-19-43(20-3-1)56-52-26-12-25-49(53(52)51-34-30-39-15-7-9-23-50(39)54(51)56)42-18-10-21-45(36-42)55(46-33-27-37-13-4-5-16-41(37)35-46)44-31-28-40(29-32-44)48-24-11-17-38-14-6-8-22-47(38)48/h1-36H. The van der Waals surface area contributed by atoms with Gasteiger partial charge in [0.1, 0.15) is 0 Å². The first-order valence-corrected chi connectivity index (χ1v) is 19.3. The molecule has 1 aromatic heterocycles. The lowest BCUT2D eigenvalue weighted by molar-refractivity contribution is 1.19. The van der Waals surface area contributed by atoms with Crippen molar-refractivity contribution in [2.75, 3.05) is 4.90 Å². The van der Waals surface area contributed by atoms with Gasteiger partial charge in [0.15, 0.2) is 0 Å². The zero-order chi connectivity index (χ0) is 37.0. The summed E-state index contributed by atoms with van der Waals surface area (Å²) in [5.41, 5.74) is 11.7. The lowest BCUT2D eigenvalue weighted by atomic mass is 9.97. The molecule has 56 heavy (non-hydrogen) atoms. The smallest absolute Gasteiger partial charge is 0.0619 e. The molecular formula is C54H36N2. The van der Waals surface area contributed by atoms with Crippen LogP contribution >= 0.6 is 0 Å². The van der Waals surface area contributed by atoms with Crippen molar-refractivity contribution in [3.63, 3.8) is 0 Å². The second-order valence-electron chi connectivity index (χ2n) is 14.5. The first kappa shape index (κ1) is 32.0. The molecule has 1 heterocycles. The highest BCUT2D eigenvalue weighted by molar-refractivity contribution is 6.22. The summed E-state index contributed by atoms with van der Waals surface area (Å²) in [6.45, 7) is 0. The maximum absolute atomic E-state index is 2.44. The topological polar surface area (TPSA) is 8.17 Å². The zero-order valence-corrected chi connectivity index (χ0v) is 30.7. The van der Waals surface area contributed by atoms with Gasteiger partial charge < -0.3 is 9.47 Å². The molecule has 0 atom stereocenters. The van der Waals surface area contributed by atoms with Crippen LogP contribution in [0.2, 0.25) is 0 Å². The third-order valence-electron chi connectivity index (χ3n) is 11.3. The number of para-hydroxylation sites is 1. The van der Waals surface area contributed by atoms with Crippen LogP contribution in [0.3, 0.4) is 0 Å². The van der Waals surface area contributed by atoms with Crippen molar-refractivity contribution in [3.8, 4) is 27.9 Å². The average molecular weight is 713 g/mol. The summed E-state index contributed by atoms with van der Waals surface area (Å²) in [5, 5.41) is 9.94. The van der Waals surface area contributed by atoms with E-state index in [0.29, 0.717) is 0 Å². The van der Waals surface area contributed by atoms with Crippen LogP contribution in [0.1, 0.15) is 0 Å². The third-order valence-corrected chi connectivity index (χ3v) is 11.3. The number of benzene rings is 10. The molecule has 2 heteroatoms. The van der Waals surface area contributed by atoms with Gasteiger partial charge in [-0.05, 0) is 104 Å². The van der Waals surface area contributed by atoms with Gasteiger partial charge in [0.2, 0.25) is 0 Å². The molecule has 0 saturated carbocycles. The van der Waals surface area contributed by atoms with Gasteiger partial charge in [-0.3, -0.25) is 0 Å². The highest BCUT2D eigenvalue weighted by atomic mass is 15.1. The van der Waals surface area contributed by atoms with Gasteiger partial charge in [-0.2, -0.15) is 0 Å². The number of aromatic nitrogens is 1. The summed E-state index contributed by atoms with van der Waals surface area (Å²) in [5.74, 6) is 0. The Morgan fingerprint density at radius 3 is 1.77 bits per heavy atom. The Hall–Kier alpha value is -7.42. The van der Waals surface area contributed by atoms with Gasteiger partial charge in [0, 0.05) is 38.9 Å². The number of rotatable bonds is 6. The fraction of sp³-hybridized carbons (Fsp3) is 0. The average Bonchev–Trinajstić information content (AvgIpc) is 3.62. The first-order chi connectivity index (χ1) is 27.8. The molecule has 11 rings (SSSR count). The minimum atomic E-state index is 1.10. The molecule has 0 radical (unpaired) electrons. The van der Waals surface area contributed by atoms with Gasteiger partial charge in [-0.25, -0.2) is 0 Å². The summed E-state index contributed by atoms with van der Waals surface area (Å²) >= 11 is 0. The maximum atomic E-state index is 2.44. The first-order valence-electron chi connectivity index (χ1n) is 19.3. The maximum Gasteiger partial charge on any atom is 0.0619 e. The van der Waals surface area contributed by atoms with E-state index in [0.717, 1.165) is 22.7 Å². The molecule has 11 aromatic rings. The van der Waals surface area contributed by atoms with E-state index < -0.39 is 0 Å². The van der Waals surface area contributed by atoms with Crippen LogP contribution in [0.4, 0.5) is 17.1 Å². The van der Waals surface area contributed by atoms with Crippen molar-refractivity contribution < 1.29 is 0 Å². The number of nitrogens with zero attached hydrogens (tertiary/aromatic N) is 2. The molecule has 0 N–H and O–H groups in total. The van der Waals surface area contributed by atoms with Crippen molar-refractivity contribution in [3.05, 3.63) is 218 Å². The molecule has 0 amide bonds. The van der Waals surface area contributed by atoms with Gasteiger partial charge in [0.05, 0.1) is 11.0 Å². The predicted molar refractivity (Wildman–Crippen MR) is 239 cm³/mol. The molecule has 0 saturated heterocycles. The number of fused-ring (bicyclic) bond motifs is 7. The Labute approximate surface area is 325 Å². The van der Waals surface area contributed by atoms with Crippen LogP contribution in [0.15, 0.2) is 218 Å². The van der Waals surface area contributed by atoms with Gasteiger partial charge in [-0.15, -0.1) is 0 Å². The van der Waals surface area contributed by atoms with E-state index in [4.69, 9.17) is 0 Å². The van der Waals surface area contributed by atoms with Crippen LogP contribution < -0.4 is 4.90 Å². The van der Waals surface area contributed by atoms with Crippen molar-refractivity contribution >= 4 is 71.2 Å². The van der Waals surface area contributed by atoms with Crippen LogP contribution in [0, 0.1) is 0 Å². The minimum Gasteiger partial charge on any atom is -0.310 e. The molecule has 2 nitrogen and oxygen atoms in total. The SMILES string of the molecule is c1ccc(-n2c3cccc(-c4cccc(N(c5ccc(-c6cccc7ccccc67)cc5)c5ccc6ccccc6c5)c4)c3c3ccc4ccccc4c32)cc1. The Morgan fingerprint density at radius 2 is 0.929 bits per heavy atom. The van der Waals surface area contributed by atoms with E-state index in [1.165, 1.54) is 76.4 Å². The Morgan fingerprint density at radius 1 is 0.321 bits per heavy atom. The Bertz CT molecular complexity index is 3240. The van der Waals surface area contributed by atoms with Crippen LogP contribution in [0.5, 0.6) is 0 Å². The lowest BCUT2D eigenvalue weighted by Crippen LogP contribution is -2.10. The quantitative estimate of drug-likeness (QED) is 0.167. The Balaban J connectivity index is 1.10. The van der Waals surface area contributed by atoms with E-state index in [2.05, 4.69) is 228 Å². The molecule has 0 aliphatic rings. The van der Waals surface area contributed by atoms with Gasteiger partial charge >= 0.3 is 0 Å². The molecule has 0 unspecified atom stereocenters. The Kier molecular flexibility index (Phi) is 7.53. The number of hydrogen-bond donors (Lipinski definition) is 0. The molecular weight excluding hydrogens is 677 g/mol. The summed E-state index contributed by atoms with van der Waals surface area (Å²) < 4.78 is 2.44. The van der Waals surface area contributed by atoms with Crippen LogP contribution in [-0.2, 0) is 0 Å². The summed E-state index contributed by atoms with van der Waals surface area (Å²) in [6.07, 6.45) is 0. The summed E-state index contributed by atoms with van der Waals surface area (Å²) in [6, 6.07) is 79.5. The fourth-order valence-corrected chi connectivity index (χ4v) is 8.76. The predicted octanol–water partition coefficient (Wildman–Crippen LogP) is 15.0. The van der Waals surface area contributed by atoms with E-state index in [9.17, 15) is 0 Å². The number of hydrogen-bond acceptors (Lipinski definition) is 1. The highest BCUT2D eigenvalue weighted by Gasteiger charge is 2.20. The van der Waals surface area contributed by atoms with Crippen LogP contribution in [0.25, 0.3) is 82.1 Å². The van der Waals surface area contributed by atoms with Gasteiger partial charge in [0.25, 0.3) is 0 Å². The fourth-order valence-electron chi connectivity index (χ4n) is 8.76. The molecule has 262 valence electrons. The third kappa shape index (κ3) is 5.26. The van der Waals surface area contributed by atoms with E-state index in [1.807, 2.05) is 0 Å². The van der Waals surface area contributed by atoms with Gasteiger partial charge in [-0.1, -0.05) is 164 Å². The van der Waals surface area contributed by atoms with Crippen molar-refractivity contribution in [2.24, 2.45) is 0 Å². The summed E-state index contributed by atoms with van der Waals surface area (Å²) in [4.78, 5) is 2.39. The lowest BCUT2D eigenvalue weighted by Gasteiger charge is -2.27. The molecule has 10 aromatic carbocycles. The highest BCUT2D eigenvalue weighted by Crippen LogP contribution is 2.44. The molecule has 0 spiro atoms. The molecule has 0 aliphatic carbocycles. The van der Waals surface area contributed by atoms with Crippen molar-refractivity contribution in [1.29, 1.82) is 0 Å². The van der Waals surface area contributed by atoms with Crippen LogP contribution in [-0.4, -0.2) is 4.57 Å². The molecule has 0 fully saturated rings. The zero-order valence-electron chi connectivity index (χ0n) is 30.7. The monoisotopic (exact) mass is 712 g/mol. The second kappa shape index (κ2) is 13.2. The van der Waals surface area contributed by atoms with Crippen molar-refractivity contribution in [1.82, 2.24) is 4.57 Å². The normalized spacial score (nSPS) is 11.6. The number of anilines is 3. The molecule has 0 aliphatic heterocycles. The summed E-state index contributed by atoms with van der Waals surface area (Å²) in [7, 11) is 0.